The van der Waals surface area contributed by atoms with Gasteiger partial charge >= 0.3 is 0 Å². The summed E-state index contributed by atoms with van der Waals surface area (Å²) < 4.78 is 0. The average Bonchev–Trinajstić information content (AvgIpc) is 2.49. The highest BCUT2D eigenvalue weighted by molar-refractivity contribution is 5.59. The van der Waals surface area contributed by atoms with Crippen molar-refractivity contribution in [3.8, 4) is 12.4 Å². The fraction of sp³-hybridized carbons (Fsp3) is 0.125. The Labute approximate surface area is 128 Å². The van der Waals surface area contributed by atoms with Crippen molar-refractivity contribution < 1.29 is 0 Å². The Kier molecular flexibility index (Phi) is 4.69. The first-order valence-corrected chi connectivity index (χ1v) is 6.57. The topological polar surface area (TPSA) is 96.4 Å². The van der Waals surface area contributed by atoms with Crippen LogP contribution in [0.4, 0.5) is 22.7 Å². The van der Waals surface area contributed by atoms with E-state index in [4.69, 9.17) is 10.5 Å². The summed E-state index contributed by atoms with van der Waals surface area (Å²) in [4.78, 5) is 0. The molecule has 2 N–H and O–H groups in total. The van der Waals surface area contributed by atoms with E-state index in [2.05, 4.69) is 20.9 Å². The van der Waals surface area contributed by atoms with Gasteiger partial charge in [-0.2, -0.15) is 20.8 Å². The van der Waals surface area contributed by atoms with Gasteiger partial charge in [-0.15, -0.1) is 0 Å². The lowest BCUT2D eigenvalue weighted by Gasteiger charge is -2.04. The van der Waals surface area contributed by atoms with Gasteiger partial charge in [-0.05, 0) is 61.4 Å². The highest BCUT2D eigenvalue weighted by Crippen LogP contribution is 2.27. The summed E-state index contributed by atoms with van der Waals surface area (Å²) >= 11 is 0. The van der Waals surface area contributed by atoms with E-state index < -0.39 is 0 Å². The fourth-order valence-electron chi connectivity index (χ4n) is 1.93. The van der Waals surface area contributed by atoms with Gasteiger partial charge in [0.1, 0.15) is 0 Å². The molecule has 6 heteroatoms. The number of azo groups is 1. The second kappa shape index (κ2) is 6.87. The van der Waals surface area contributed by atoms with Gasteiger partial charge in [0, 0.05) is 11.4 Å². The number of benzene rings is 2. The van der Waals surface area contributed by atoms with Crippen molar-refractivity contribution in [2.24, 2.45) is 10.2 Å². The first kappa shape index (κ1) is 15.0. The van der Waals surface area contributed by atoms with E-state index >= 15 is 0 Å². The van der Waals surface area contributed by atoms with E-state index in [1.807, 2.05) is 38.4 Å². The van der Waals surface area contributed by atoms with Crippen molar-refractivity contribution in [1.29, 1.82) is 10.5 Å². The van der Waals surface area contributed by atoms with Gasteiger partial charge < -0.3 is 0 Å². The SMILES string of the molecule is Cc1cc(NC#N)ccc1N=Nc1ccc(NC#N)cc1C. The predicted octanol–water partition coefficient (Wildman–Crippen LogP) is 4.50. The van der Waals surface area contributed by atoms with Gasteiger partial charge in [0.25, 0.3) is 0 Å². The second-order valence-electron chi connectivity index (χ2n) is 4.68. The maximum atomic E-state index is 8.59. The van der Waals surface area contributed by atoms with Crippen LogP contribution in [-0.4, -0.2) is 0 Å². The van der Waals surface area contributed by atoms with Crippen LogP contribution in [0.25, 0.3) is 0 Å². The summed E-state index contributed by atoms with van der Waals surface area (Å²) in [7, 11) is 0. The van der Waals surface area contributed by atoms with Crippen molar-refractivity contribution in [3.05, 3.63) is 47.5 Å². The second-order valence-corrected chi connectivity index (χ2v) is 4.68. The van der Waals surface area contributed by atoms with E-state index in [0.29, 0.717) is 0 Å². The molecule has 6 nitrogen and oxygen atoms in total. The fourth-order valence-corrected chi connectivity index (χ4v) is 1.93. The summed E-state index contributed by atoms with van der Waals surface area (Å²) in [6, 6.07) is 10.8. The van der Waals surface area contributed by atoms with Crippen LogP contribution in [-0.2, 0) is 0 Å². The predicted molar refractivity (Wildman–Crippen MR) is 85.0 cm³/mol. The van der Waals surface area contributed by atoms with Crippen molar-refractivity contribution >= 4 is 22.7 Å². The van der Waals surface area contributed by atoms with Gasteiger partial charge in [-0.25, -0.2) is 0 Å². The lowest BCUT2D eigenvalue weighted by molar-refractivity contribution is 1.19. The number of anilines is 2. The summed E-state index contributed by atoms with van der Waals surface area (Å²) in [5.74, 6) is 0. The molecular formula is C16H14N6. The minimum atomic E-state index is 0.724. The number of nitrogens with one attached hydrogen (secondary N) is 2. The summed E-state index contributed by atoms with van der Waals surface area (Å²) in [5, 5.41) is 30.8. The van der Waals surface area contributed by atoms with Crippen molar-refractivity contribution in [2.45, 2.75) is 13.8 Å². The molecule has 108 valence electrons. The standard InChI is InChI=1S/C16H14N6/c1-11-7-13(19-9-17)3-5-15(11)21-22-16-6-4-14(20-10-18)8-12(16)2/h3-8,19-20H,1-2H3. The van der Waals surface area contributed by atoms with E-state index in [0.717, 1.165) is 33.9 Å². The van der Waals surface area contributed by atoms with Crippen molar-refractivity contribution in [3.63, 3.8) is 0 Å². The highest BCUT2D eigenvalue weighted by Gasteiger charge is 2.01. The van der Waals surface area contributed by atoms with Gasteiger partial charge in [-0.3, -0.25) is 10.6 Å². The van der Waals surface area contributed by atoms with Crippen LogP contribution in [0.5, 0.6) is 0 Å². The average molecular weight is 290 g/mol. The minimum Gasteiger partial charge on any atom is -0.293 e. The Morgan fingerprint density at radius 3 is 1.50 bits per heavy atom. The third-order valence-corrected chi connectivity index (χ3v) is 3.06. The van der Waals surface area contributed by atoms with Crippen LogP contribution >= 0.6 is 0 Å². The molecule has 0 aliphatic heterocycles. The van der Waals surface area contributed by atoms with Gasteiger partial charge in [0.15, 0.2) is 12.4 Å². The number of nitrogens with zero attached hydrogens (tertiary/aromatic N) is 4. The number of rotatable bonds is 4. The van der Waals surface area contributed by atoms with Gasteiger partial charge in [0.2, 0.25) is 0 Å². The molecular weight excluding hydrogens is 276 g/mol. The molecule has 0 atom stereocenters. The Morgan fingerprint density at radius 2 is 1.18 bits per heavy atom. The van der Waals surface area contributed by atoms with Crippen LogP contribution < -0.4 is 10.6 Å². The van der Waals surface area contributed by atoms with Crippen LogP contribution in [0.15, 0.2) is 46.6 Å². The van der Waals surface area contributed by atoms with Gasteiger partial charge in [0.05, 0.1) is 11.4 Å². The molecule has 0 heterocycles. The Bertz CT molecular complexity index is 728. The molecule has 2 aromatic carbocycles. The first-order valence-electron chi connectivity index (χ1n) is 6.57. The third-order valence-electron chi connectivity index (χ3n) is 3.06. The molecule has 0 aliphatic rings. The van der Waals surface area contributed by atoms with Crippen molar-refractivity contribution in [1.82, 2.24) is 0 Å². The van der Waals surface area contributed by atoms with E-state index in [9.17, 15) is 0 Å². The molecule has 0 unspecified atom stereocenters. The zero-order valence-electron chi connectivity index (χ0n) is 12.3. The maximum absolute atomic E-state index is 8.59. The molecule has 0 bridgehead atoms. The first-order chi connectivity index (χ1) is 10.6. The van der Waals surface area contributed by atoms with E-state index in [1.165, 1.54) is 0 Å². The molecule has 2 aromatic rings. The van der Waals surface area contributed by atoms with Crippen molar-refractivity contribution in [2.75, 3.05) is 10.6 Å². The molecule has 0 saturated carbocycles. The maximum Gasteiger partial charge on any atom is 0.181 e. The number of nitriles is 2. The van der Waals surface area contributed by atoms with Crippen LogP contribution in [0, 0.1) is 36.8 Å². The lowest BCUT2D eigenvalue weighted by atomic mass is 10.2. The quantitative estimate of drug-likeness (QED) is 0.492. The largest absolute Gasteiger partial charge is 0.293 e. The minimum absolute atomic E-state index is 0.724. The number of aryl methyl sites for hydroxylation is 2. The summed E-state index contributed by atoms with van der Waals surface area (Å²) in [6.45, 7) is 3.81. The summed E-state index contributed by atoms with van der Waals surface area (Å²) in [5.41, 5.74) is 4.77. The van der Waals surface area contributed by atoms with Crippen LogP contribution in [0.1, 0.15) is 11.1 Å². The molecule has 0 aromatic heterocycles. The Balaban J connectivity index is 2.22. The van der Waals surface area contributed by atoms with E-state index in [1.54, 1.807) is 24.3 Å². The molecule has 0 radical (unpaired) electrons. The normalized spacial score (nSPS) is 10.0. The Morgan fingerprint density at radius 1 is 0.773 bits per heavy atom. The zero-order chi connectivity index (χ0) is 15.9. The molecule has 0 spiro atoms. The number of hydrogen-bond donors (Lipinski definition) is 2. The smallest absolute Gasteiger partial charge is 0.181 e. The zero-order valence-corrected chi connectivity index (χ0v) is 12.3. The van der Waals surface area contributed by atoms with Crippen LogP contribution in [0.3, 0.4) is 0 Å². The van der Waals surface area contributed by atoms with Crippen LogP contribution in [0.2, 0.25) is 0 Å². The molecule has 0 amide bonds. The molecule has 2 rings (SSSR count). The monoisotopic (exact) mass is 290 g/mol. The van der Waals surface area contributed by atoms with E-state index in [-0.39, 0.29) is 0 Å². The molecule has 0 saturated heterocycles. The number of hydrogen-bond acceptors (Lipinski definition) is 6. The lowest BCUT2D eigenvalue weighted by Crippen LogP contribution is -1.88. The molecule has 22 heavy (non-hydrogen) atoms. The molecule has 0 aliphatic carbocycles. The Hall–Kier alpha value is -3.38. The third kappa shape index (κ3) is 3.59. The van der Waals surface area contributed by atoms with Gasteiger partial charge in [-0.1, -0.05) is 0 Å². The molecule has 0 fully saturated rings. The summed E-state index contributed by atoms with van der Waals surface area (Å²) in [6.07, 6.45) is 3.76. The highest BCUT2D eigenvalue weighted by atomic mass is 15.1.